The van der Waals surface area contributed by atoms with E-state index in [1.54, 1.807) is 41.3 Å². The quantitative estimate of drug-likeness (QED) is 0.754. The van der Waals surface area contributed by atoms with E-state index in [4.69, 9.17) is 11.6 Å². The van der Waals surface area contributed by atoms with E-state index < -0.39 is 10.0 Å². The van der Waals surface area contributed by atoms with Crippen LogP contribution in [0.15, 0.2) is 53.4 Å². The van der Waals surface area contributed by atoms with E-state index in [0.717, 1.165) is 0 Å². The van der Waals surface area contributed by atoms with Crippen LogP contribution in [0, 0.1) is 0 Å². The Kier molecular flexibility index (Phi) is 6.56. The van der Waals surface area contributed by atoms with Crippen LogP contribution in [0.3, 0.4) is 0 Å². The van der Waals surface area contributed by atoms with E-state index in [0.29, 0.717) is 42.2 Å². The molecule has 2 aromatic carbocycles. The smallest absolute Gasteiger partial charge is 0.253 e. The lowest BCUT2D eigenvalue weighted by Crippen LogP contribution is -2.46. The first-order valence-electron chi connectivity index (χ1n) is 9.19. The van der Waals surface area contributed by atoms with Gasteiger partial charge in [-0.2, -0.15) is 0 Å². The van der Waals surface area contributed by atoms with E-state index in [1.807, 2.05) is 0 Å². The van der Waals surface area contributed by atoms with Gasteiger partial charge < -0.3 is 10.2 Å². The lowest BCUT2D eigenvalue weighted by atomic mass is 10.0. The zero-order valence-corrected chi connectivity index (χ0v) is 17.5. The van der Waals surface area contributed by atoms with Crippen LogP contribution in [-0.4, -0.2) is 44.3 Å². The van der Waals surface area contributed by atoms with Crippen LogP contribution in [0.25, 0.3) is 0 Å². The first kappa shape index (κ1) is 21.3. The third-order valence-electron chi connectivity index (χ3n) is 4.66. The summed E-state index contributed by atoms with van der Waals surface area (Å²) in [6, 6.07) is 12.5. The normalized spacial score (nSPS) is 15.2. The molecule has 2 amide bonds. The molecule has 2 aromatic rings. The molecule has 1 fully saturated rings. The van der Waals surface area contributed by atoms with Crippen molar-refractivity contribution in [1.82, 2.24) is 9.62 Å². The van der Waals surface area contributed by atoms with Gasteiger partial charge in [0.25, 0.3) is 5.91 Å². The number of carbonyl (C=O) groups is 2. The highest BCUT2D eigenvalue weighted by molar-refractivity contribution is 7.89. The molecule has 1 heterocycles. The van der Waals surface area contributed by atoms with Gasteiger partial charge in [0, 0.05) is 42.3 Å². The summed E-state index contributed by atoms with van der Waals surface area (Å²) in [5.74, 6) is -0.333. The fourth-order valence-electron chi connectivity index (χ4n) is 3.21. The Morgan fingerprint density at radius 2 is 1.72 bits per heavy atom. The molecule has 0 radical (unpaired) electrons. The molecular weight excluding hydrogens is 414 g/mol. The van der Waals surface area contributed by atoms with Crippen molar-refractivity contribution in [1.29, 1.82) is 0 Å². The third-order valence-corrected chi connectivity index (χ3v) is 6.43. The average Bonchev–Trinajstić information content (AvgIpc) is 2.68. The molecule has 0 aromatic heterocycles. The summed E-state index contributed by atoms with van der Waals surface area (Å²) in [5, 5.41) is 3.10. The number of rotatable bonds is 5. The average molecular weight is 436 g/mol. The minimum atomic E-state index is -3.68. The number of halogens is 1. The Balaban J connectivity index is 1.58. The zero-order chi connectivity index (χ0) is 21.0. The number of nitrogens with zero attached hydrogens (tertiary/aromatic N) is 1. The van der Waals surface area contributed by atoms with Crippen LogP contribution in [0.5, 0.6) is 0 Å². The molecular formula is C20H22ClN3O4S. The number of piperidine rings is 1. The highest BCUT2D eigenvalue weighted by Gasteiger charge is 2.27. The standard InChI is InChI=1S/C20H22ClN3O4S/c1-14(25)22-17-5-7-19(8-6-17)29(27,28)23-18-9-11-24(12-10-18)20(26)15-3-2-4-16(21)13-15/h2-8,13,18,23H,9-12H2,1H3,(H,22,25). The molecule has 2 N–H and O–H groups in total. The van der Waals surface area contributed by atoms with E-state index in [1.165, 1.54) is 19.1 Å². The maximum atomic E-state index is 12.6. The van der Waals surface area contributed by atoms with Gasteiger partial charge in [-0.05, 0) is 55.3 Å². The van der Waals surface area contributed by atoms with Gasteiger partial charge in [0.05, 0.1) is 4.90 Å². The van der Waals surface area contributed by atoms with Crippen LogP contribution in [0.4, 0.5) is 5.69 Å². The van der Waals surface area contributed by atoms with Gasteiger partial charge in [-0.1, -0.05) is 17.7 Å². The Labute approximate surface area is 175 Å². The van der Waals surface area contributed by atoms with Crippen LogP contribution in [0.1, 0.15) is 30.1 Å². The predicted molar refractivity (Wildman–Crippen MR) is 111 cm³/mol. The second-order valence-corrected chi connectivity index (χ2v) is 9.05. The largest absolute Gasteiger partial charge is 0.339 e. The van der Waals surface area contributed by atoms with E-state index in [-0.39, 0.29) is 22.8 Å². The Bertz CT molecular complexity index is 1000. The molecule has 3 rings (SSSR count). The summed E-state index contributed by atoms with van der Waals surface area (Å²) in [6.45, 7) is 2.30. The SMILES string of the molecule is CC(=O)Nc1ccc(S(=O)(=O)NC2CCN(C(=O)c3cccc(Cl)c3)CC2)cc1. The molecule has 0 atom stereocenters. The van der Waals surface area contributed by atoms with E-state index >= 15 is 0 Å². The van der Waals surface area contributed by atoms with Crippen LogP contribution >= 0.6 is 11.6 Å². The molecule has 9 heteroatoms. The summed E-state index contributed by atoms with van der Waals surface area (Å²) in [6.07, 6.45) is 1.05. The molecule has 0 saturated carbocycles. The van der Waals surface area contributed by atoms with Crippen molar-refractivity contribution >= 4 is 39.1 Å². The Hall–Kier alpha value is -2.42. The maximum absolute atomic E-state index is 12.6. The topological polar surface area (TPSA) is 95.6 Å². The second kappa shape index (κ2) is 8.94. The lowest BCUT2D eigenvalue weighted by Gasteiger charge is -2.32. The molecule has 29 heavy (non-hydrogen) atoms. The number of sulfonamides is 1. The van der Waals surface area contributed by atoms with Gasteiger partial charge in [0.15, 0.2) is 0 Å². The van der Waals surface area contributed by atoms with Crippen LogP contribution < -0.4 is 10.0 Å². The molecule has 1 aliphatic heterocycles. The van der Waals surface area contributed by atoms with Crippen molar-refractivity contribution in [3.05, 3.63) is 59.1 Å². The number of likely N-dealkylation sites (tertiary alicyclic amines) is 1. The van der Waals surface area contributed by atoms with Gasteiger partial charge in [-0.25, -0.2) is 13.1 Å². The summed E-state index contributed by atoms with van der Waals surface area (Å²) in [7, 11) is -3.68. The number of amides is 2. The minimum absolute atomic E-state index is 0.109. The zero-order valence-electron chi connectivity index (χ0n) is 15.9. The number of hydrogen-bond donors (Lipinski definition) is 2. The van der Waals surface area contributed by atoms with Gasteiger partial charge in [0.1, 0.15) is 0 Å². The van der Waals surface area contributed by atoms with Crippen LogP contribution in [0.2, 0.25) is 5.02 Å². The molecule has 0 aliphatic carbocycles. The highest BCUT2D eigenvalue weighted by Crippen LogP contribution is 2.19. The third kappa shape index (κ3) is 5.56. The lowest BCUT2D eigenvalue weighted by molar-refractivity contribution is -0.114. The van der Waals surface area contributed by atoms with Crippen molar-refractivity contribution in [3.8, 4) is 0 Å². The highest BCUT2D eigenvalue weighted by atomic mass is 35.5. The summed E-state index contributed by atoms with van der Waals surface area (Å²) >= 11 is 5.95. The maximum Gasteiger partial charge on any atom is 0.253 e. The van der Waals surface area contributed by atoms with Crippen LogP contribution in [-0.2, 0) is 14.8 Å². The Morgan fingerprint density at radius 1 is 1.07 bits per heavy atom. The molecule has 0 spiro atoms. The summed E-state index contributed by atoms with van der Waals surface area (Å²) in [5.41, 5.74) is 1.06. The number of benzene rings is 2. The van der Waals surface area contributed by atoms with E-state index in [9.17, 15) is 18.0 Å². The molecule has 0 bridgehead atoms. The molecule has 1 aliphatic rings. The van der Waals surface area contributed by atoms with Crippen molar-refractivity contribution in [2.75, 3.05) is 18.4 Å². The minimum Gasteiger partial charge on any atom is -0.339 e. The van der Waals surface area contributed by atoms with E-state index in [2.05, 4.69) is 10.0 Å². The first-order chi connectivity index (χ1) is 13.7. The van der Waals surface area contributed by atoms with Gasteiger partial charge >= 0.3 is 0 Å². The predicted octanol–water partition coefficient (Wildman–Crippen LogP) is 2.88. The second-order valence-electron chi connectivity index (χ2n) is 6.90. The number of carbonyl (C=O) groups excluding carboxylic acids is 2. The van der Waals surface area contributed by atoms with Crippen molar-refractivity contribution in [2.24, 2.45) is 0 Å². The summed E-state index contributed by atoms with van der Waals surface area (Å²) < 4.78 is 27.9. The number of hydrogen-bond acceptors (Lipinski definition) is 4. The van der Waals surface area contributed by atoms with Gasteiger partial charge in [-0.15, -0.1) is 0 Å². The molecule has 1 saturated heterocycles. The molecule has 154 valence electrons. The van der Waals surface area contributed by atoms with Gasteiger partial charge in [-0.3, -0.25) is 9.59 Å². The van der Waals surface area contributed by atoms with Gasteiger partial charge in [0.2, 0.25) is 15.9 Å². The summed E-state index contributed by atoms with van der Waals surface area (Å²) in [4.78, 5) is 25.5. The van der Waals surface area contributed by atoms with Crippen molar-refractivity contribution in [2.45, 2.75) is 30.7 Å². The molecule has 0 unspecified atom stereocenters. The number of nitrogens with one attached hydrogen (secondary N) is 2. The first-order valence-corrected chi connectivity index (χ1v) is 11.1. The monoisotopic (exact) mass is 435 g/mol. The van der Waals surface area contributed by atoms with Crippen molar-refractivity contribution in [3.63, 3.8) is 0 Å². The fraction of sp³-hybridized carbons (Fsp3) is 0.300. The Morgan fingerprint density at radius 3 is 2.31 bits per heavy atom. The molecule has 7 nitrogen and oxygen atoms in total. The number of anilines is 1. The van der Waals surface area contributed by atoms with Crippen molar-refractivity contribution < 1.29 is 18.0 Å². The fourth-order valence-corrected chi connectivity index (χ4v) is 4.71.